The molecular formula is C34H34Cl3N3O5S. The first-order valence-corrected chi connectivity index (χ1v) is 17.0. The highest BCUT2D eigenvalue weighted by atomic mass is 35.5. The van der Waals surface area contributed by atoms with Crippen LogP contribution in [0.5, 0.6) is 5.75 Å². The summed E-state index contributed by atoms with van der Waals surface area (Å²) >= 11 is 19.5. The van der Waals surface area contributed by atoms with Crippen LogP contribution in [-0.4, -0.2) is 50.9 Å². The molecule has 0 aliphatic rings. The molecule has 1 atom stereocenters. The van der Waals surface area contributed by atoms with Gasteiger partial charge in [0, 0.05) is 34.6 Å². The van der Waals surface area contributed by atoms with Crippen molar-refractivity contribution >= 4 is 62.3 Å². The summed E-state index contributed by atoms with van der Waals surface area (Å²) in [5.74, 6) is -0.750. The van der Waals surface area contributed by atoms with Crippen molar-refractivity contribution < 1.29 is 22.7 Å². The van der Waals surface area contributed by atoms with E-state index in [0.29, 0.717) is 21.4 Å². The lowest BCUT2D eigenvalue weighted by Gasteiger charge is -2.34. The zero-order valence-corrected chi connectivity index (χ0v) is 28.6. The number of hydrogen-bond acceptors (Lipinski definition) is 5. The number of nitrogens with one attached hydrogen (secondary N) is 1. The molecular weight excluding hydrogens is 669 g/mol. The lowest BCUT2D eigenvalue weighted by Crippen LogP contribution is -2.54. The van der Waals surface area contributed by atoms with Crippen molar-refractivity contribution in [3.05, 3.63) is 123 Å². The molecule has 0 bridgehead atoms. The van der Waals surface area contributed by atoms with Crippen LogP contribution in [0.2, 0.25) is 15.1 Å². The molecule has 0 fully saturated rings. The number of sulfonamides is 1. The summed E-state index contributed by atoms with van der Waals surface area (Å²) < 4.78 is 34.5. The number of nitrogens with zero attached hydrogens (tertiary/aromatic N) is 2. The fourth-order valence-corrected chi connectivity index (χ4v) is 7.04. The molecule has 0 saturated carbocycles. The Hall–Kier alpha value is -3.76. The Balaban J connectivity index is 1.85. The molecule has 242 valence electrons. The highest BCUT2D eigenvalue weighted by Crippen LogP contribution is 2.33. The summed E-state index contributed by atoms with van der Waals surface area (Å²) in [5.41, 5.74) is 1.34. The topological polar surface area (TPSA) is 96.0 Å². The summed E-state index contributed by atoms with van der Waals surface area (Å²) in [6.07, 6.45) is 0.146. The van der Waals surface area contributed by atoms with Crippen molar-refractivity contribution in [1.29, 1.82) is 0 Å². The maximum Gasteiger partial charge on any atom is 0.264 e. The molecule has 1 unspecified atom stereocenters. The number of rotatable bonds is 13. The van der Waals surface area contributed by atoms with E-state index in [9.17, 15) is 18.0 Å². The van der Waals surface area contributed by atoms with Gasteiger partial charge in [0.25, 0.3) is 10.0 Å². The number of amides is 2. The molecule has 46 heavy (non-hydrogen) atoms. The molecule has 4 aromatic carbocycles. The first-order chi connectivity index (χ1) is 21.9. The number of carbonyl (C=O) groups is 2. The molecule has 8 nitrogen and oxygen atoms in total. The van der Waals surface area contributed by atoms with Crippen LogP contribution in [-0.2, 0) is 32.6 Å². The Morgan fingerprint density at radius 2 is 1.43 bits per heavy atom. The van der Waals surface area contributed by atoms with Crippen LogP contribution >= 0.6 is 34.8 Å². The van der Waals surface area contributed by atoms with Gasteiger partial charge in [0.1, 0.15) is 18.3 Å². The summed E-state index contributed by atoms with van der Waals surface area (Å²) in [5, 5.41) is 3.65. The monoisotopic (exact) mass is 701 g/mol. The zero-order chi connectivity index (χ0) is 33.4. The number of ether oxygens (including phenoxy) is 1. The second-order valence-corrected chi connectivity index (χ2v) is 13.8. The molecule has 12 heteroatoms. The third kappa shape index (κ3) is 8.53. The summed E-state index contributed by atoms with van der Waals surface area (Å²) in [6.45, 7) is 2.80. The van der Waals surface area contributed by atoms with Gasteiger partial charge in [0.2, 0.25) is 11.8 Å². The van der Waals surface area contributed by atoms with Gasteiger partial charge in [-0.3, -0.25) is 13.9 Å². The lowest BCUT2D eigenvalue weighted by molar-refractivity contribution is -0.140. The van der Waals surface area contributed by atoms with E-state index in [1.165, 1.54) is 42.3 Å². The van der Waals surface area contributed by atoms with Crippen molar-refractivity contribution in [1.82, 2.24) is 10.2 Å². The van der Waals surface area contributed by atoms with E-state index in [0.717, 1.165) is 9.87 Å². The number of methoxy groups -OCH3 is 1. The zero-order valence-electron chi connectivity index (χ0n) is 25.5. The molecule has 4 rings (SSSR count). The molecule has 0 radical (unpaired) electrons. The molecule has 0 aromatic heterocycles. The minimum atomic E-state index is -4.30. The smallest absolute Gasteiger partial charge is 0.264 e. The highest BCUT2D eigenvalue weighted by Gasteiger charge is 2.35. The lowest BCUT2D eigenvalue weighted by atomic mass is 10.0. The second-order valence-electron chi connectivity index (χ2n) is 10.7. The Morgan fingerprint density at radius 3 is 2.00 bits per heavy atom. The molecule has 0 aliphatic carbocycles. The highest BCUT2D eigenvalue weighted by molar-refractivity contribution is 7.92. The second kappa shape index (κ2) is 15.7. The van der Waals surface area contributed by atoms with E-state index in [2.05, 4.69) is 5.32 Å². The number of benzene rings is 4. The van der Waals surface area contributed by atoms with Gasteiger partial charge in [-0.2, -0.15) is 0 Å². The van der Waals surface area contributed by atoms with Crippen molar-refractivity contribution in [3.63, 3.8) is 0 Å². The van der Waals surface area contributed by atoms with Gasteiger partial charge in [-0.1, -0.05) is 89.4 Å². The fraction of sp³-hybridized carbons (Fsp3) is 0.235. The van der Waals surface area contributed by atoms with Crippen molar-refractivity contribution in [2.45, 2.75) is 43.8 Å². The van der Waals surface area contributed by atoms with Gasteiger partial charge in [-0.25, -0.2) is 8.42 Å². The SMILES string of the molecule is COc1ccc(N(CC(=O)N(Cc2c(Cl)cccc2Cl)C(Cc2ccccc2)C(=O)NC(C)C)S(=O)(=O)c2ccccc2)cc1Cl. The van der Waals surface area contributed by atoms with Crippen LogP contribution in [0.15, 0.2) is 102 Å². The van der Waals surface area contributed by atoms with Crippen LogP contribution in [0.3, 0.4) is 0 Å². The van der Waals surface area contributed by atoms with Gasteiger partial charge in [-0.15, -0.1) is 0 Å². The van der Waals surface area contributed by atoms with E-state index in [1.807, 2.05) is 44.2 Å². The van der Waals surface area contributed by atoms with E-state index in [4.69, 9.17) is 39.5 Å². The molecule has 0 aliphatic heterocycles. The molecule has 0 spiro atoms. The number of hydrogen-bond donors (Lipinski definition) is 1. The summed E-state index contributed by atoms with van der Waals surface area (Å²) in [4.78, 5) is 29.7. The molecule has 2 amide bonds. The Labute approximate surface area is 284 Å². The van der Waals surface area contributed by atoms with Crippen molar-refractivity contribution in [2.24, 2.45) is 0 Å². The Kier molecular flexibility index (Phi) is 12.0. The third-order valence-corrected chi connectivity index (χ3v) is 9.92. The van der Waals surface area contributed by atoms with Crippen molar-refractivity contribution in [2.75, 3.05) is 18.0 Å². The quantitative estimate of drug-likeness (QED) is 0.162. The van der Waals surface area contributed by atoms with Crippen LogP contribution in [0.4, 0.5) is 5.69 Å². The number of anilines is 1. The van der Waals surface area contributed by atoms with E-state index < -0.39 is 34.4 Å². The summed E-state index contributed by atoms with van der Waals surface area (Å²) in [6, 6.07) is 25.1. The Morgan fingerprint density at radius 1 is 0.826 bits per heavy atom. The number of halogens is 3. The van der Waals surface area contributed by atoms with E-state index >= 15 is 0 Å². The third-order valence-electron chi connectivity index (χ3n) is 7.13. The summed E-state index contributed by atoms with van der Waals surface area (Å²) in [7, 11) is -2.86. The van der Waals surface area contributed by atoms with Crippen LogP contribution in [0.25, 0.3) is 0 Å². The van der Waals surface area contributed by atoms with Crippen LogP contribution in [0.1, 0.15) is 25.0 Å². The van der Waals surface area contributed by atoms with Gasteiger partial charge in [0.15, 0.2) is 0 Å². The molecule has 1 N–H and O–H groups in total. The fourth-order valence-electron chi connectivity index (χ4n) is 4.85. The molecule has 0 saturated heterocycles. The largest absolute Gasteiger partial charge is 0.495 e. The van der Waals surface area contributed by atoms with Gasteiger partial charge >= 0.3 is 0 Å². The van der Waals surface area contributed by atoms with E-state index in [1.54, 1.807) is 36.4 Å². The normalized spacial score (nSPS) is 12.0. The van der Waals surface area contributed by atoms with Crippen molar-refractivity contribution in [3.8, 4) is 5.75 Å². The average molecular weight is 703 g/mol. The minimum absolute atomic E-state index is 0.0335. The predicted molar refractivity (Wildman–Crippen MR) is 183 cm³/mol. The standard InChI is InChI=1S/C34H34Cl3N3O5S/c1-23(2)38-34(42)31(19-24-11-6-4-7-12-24)39(21-27-28(35)15-10-16-29(27)36)33(41)22-40(25-17-18-32(45-3)30(37)20-25)46(43,44)26-13-8-5-9-14-26/h4-18,20,23,31H,19,21-22H2,1-3H3,(H,38,42). The maximum absolute atomic E-state index is 14.6. The first kappa shape index (κ1) is 35.1. The Bertz CT molecular complexity index is 1750. The average Bonchev–Trinajstić information content (AvgIpc) is 3.03. The van der Waals surface area contributed by atoms with Crippen LogP contribution in [0, 0.1) is 0 Å². The first-order valence-electron chi connectivity index (χ1n) is 14.4. The van der Waals surface area contributed by atoms with Gasteiger partial charge in [0.05, 0.1) is 22.7 Å². The minimum Gasteiger partial charge on any atom is -0.495 e. The molecule has 0 heterocycles. The molecule has 4 aromatic rings. The van der Waals surface area contributed by atoms with E-state index in [-0.39, 0.29) is 34.6 Å². The van der Waals surface area contributed by atoms with Gasteiger partial charge in [-0.05, 0) is 61.9 Å². The predicted octanol–water partition coefficient (Wildman–Crippen LogP) is 7.02. The van der Waals surface area contributed by atoms with Crippen LogP contribution < -0.4 is 14.4 Å². The number of carbonyl (C=O) groups excluding carboxylic acids is 2. The maximum atomic E-state index is 14.6. The van der Waals surface area contributed by atoms with Gasteiger partial charge < -0.3 is 15.0 Å².